The molecule has 6 heteroatoms. The number of hydrogen-bond acceptors (Lipinski definition) is 4. The first-order valence-electron chi connectivity index (χ1n) is 7.64. The van der Waals surface area contributed by atoms with E-state index in [0.29, 0.717) is 11.3 Å². The molecule has 25 heavy (non-hydrogen) atoms. The molecule has 2 heterocycles. The Morgan fingerprint density at radius 1 is 0.920 bits per heavy atom. The van der Waals surface area contributed by atoms with Crippen LogP contribution in [0, 0.1) is 0 Å². The smallest absolute Gasteiger partial charge is 0.328 e. The van der Waals surface area contributed by atoms with Gasteiger partial charge < -0.3 is 5.11 Å². The van der Waals surface area contributed by atoms with Gasteiger partial charge in [0.2, 0.25) is 5.88 Å². The lowest BCUT2D eigenvalue weighted by molar-refractivity contribution is 0.447. The molecule has 0 amide bonds. The molecule has 0 fully saturated rings. The van der Waals surface area contributed by atoms with Gasteiger partial charge in [-0.2, -0.15) is 0 Å². The molecule has 0 spiro atoms. The van der Waals surface area contributed by atoms with E-state index >= 15 is 0 Å². The van der Waals surface area contributed by atoms with Crippen molar-refractivity contribution in [3.8, 4) is 5.88 Å². The van der Waals surface area contributed by atoms with Gasteiger partial charge in [0.05, 0.1) is 11.4 Å². The summed E-state index contributed by atoms with van der Waals surface area (Å²) in [6.45, 7) is 0. The molecule has 1 aliphatic rings. The number of aromatic amines is 2. The quantitative estimate of drug-likeness (QED) is 0.672. The Balaban J connectivity index is 1.96. The third-order valence-corrected chi connectivity index (χ3v) is 3.98. The summed E-state index contributed by atoms with van der Waals surface area (Å²) in [5.74, 6) is -0.474. The third kappa shape index (κ3) is 2.59. The number of nitrogens with zero attached hydrogens (tertiary/aromatic N) is 1. The molecular weight excluding hydrogens is 318 g/mol. The first kappa shape index (κ1) is 14.9. The topological polar surface area (TPSA) is 98.3 Å². The van der Waals surface area contributed by atoms with E-state index < -0.39 is 17.1 Å². The molecule has 4 rings (SSSR count). The zero-order chi connectivity index (χ0) is 17.4. The van der Waals surface area contributed by atoms with Crippen LogP contribution in [0.1, 0.15) is 16.7 Å². The summed E-state index contributed by atoms with van der Waals surface area (Å²) in [6, 6.07) is 17.1. The van der Waals surface area contributed by atoms with Crippen molar-refractivity contribution in [1.29, 1.82) is 0 Å². The van der Waals surface area contributed by atoms with Crippen molar-refractivity contribution in [2.45, 2.75) is 0 Å². The van der Waals surface area contributed by atoms with E-state index in [1.54, 1.807) is 6.08 Å². The lowest BCUT2D eigenvalue weighted by Gasteiger charge is -2.06. The molecule has 3 N–H and O–H groups in total. The maximum absolute atomic E-state index is 12.1. The Labute approximate surface area is 141 Å². The van der Waals surface area contributed by atoms with Gasteiger partial charge in [0.1, 0.15) is 5.56 Å². The van der Waals surface area contributed by atoms with E-state index in [2.05, 4.69) is 15.0 Å². The monoisotopic (exact) mass is 331 g/mol. The van der Waals surface area contributed by atoms with Crippen LogP contribution in [0.15, 0.2) is 69.2 Å². The Morgan fingerprint density at radius 2 is 1.64 bits per heavy atom. The molecule has 2 aromatic carbocycles. The predicted octanol–water partition coefficient (Wildman–Crippen LogP) is 2.44. The van der Waals surface area contributed by atoms with Gasteiger partial charge in [-0.05, 0) is 12.1 Å². The second-order valence-corrected chi connectivity index (χ2v) is 5.57. The van der Waals surface area contributed by atoms with Crippen LogP contribution < -0.4 is 11.2 Å². The number of hydrogen-bond donors (Lipinski definition) is 3. The fraction of sp³-hybridized carbons (Fsp3) is 0. The molecular formula is C19H13N3O3. The van der Waals surface area contributed by atoms with Gasteiger partial charge in [-0.3, -0.25) is 14.8 Å². The van der Waals surface area contributed by atoms with Crippen molar-refractivity contribution in [1.82, 2.24) is 9.97 Å². The number of rotatable bonds is 2. The number of H-pyrrole nitrogens is 2. The van der Waals surface area contributed by atoms with Crippen LogP contribution in [0.3, 0.4) is 0 Å². The van der Waals surface area contributed by atoms with Crippen molar-refractivity contribution >= 4 is 23.0 Å². The molecule has 0 saturated carbocycles. The van der Waals surface area contributed by atoms with Gasteiger partial charge in [-0.25, -0.2) is 9.79 Å². The number of fused-ring (bicyclic) bond motifs is 1. The molecule has 1 aromatic heterocycles. The van der Waals surface area contributed by atoms with E-state index in [9.17, 15) is 14.7 Å². The van der Waals surface area contributed by atoms with E-state index in [1.807, 2.05) is 54.6 Å². The fourth-order valence-electron chi connectivity index (χ4n) is 2.83. The Morgan fingerprint density at radius 3 is 2.40 bits per heavy atom. The molecule has 0 unspecified atom stereocenters. The summed E-state index contributed by atoms with van der Waals surface area (Å²) in [5, 5.41) is 9.98. The van der Waals surface area contributed by atoms with E-state index in [4.69, 9.17) is 0 Å². The van der Waals surface area contributed by atoms with Crippen LogP contribution in [0.25, 0.3) is 11.6 Å². The van der Waals surface area contributed by atoms with Crippen LogP contribution in [-0.2, 0) is 0 Å². The average Bonchev–Trinajstić information content (AvgIpc) is 2.97. The van der Waals surface area contributed by atoms with E-state index in [1.165, 1.54) is 0 Å². The van der Waals surface area contributed by atoms with E-state index in [-0.39, 0.29) is 5.56 Å². The van der Waals surface area contributed by atoms with Gasteiger partial charge in [0, 0.05) is 16.7 Å². The minimum atomic E-state index is -0.756. The summed E-state index contributed by atoms with van der Waals surface area (Å²) in [7, 11) is 0. The van der Waals surface area contributed by atoms with Gasteiger partial charge in [-0.1, -0.05) is 48.5 Å². The van der Waals surface area contributed by atoms with Crippen molar-refractivity contribution < 1.29 is 5.11 Å². The average molecular weight is 331 g/mol. The molecule has 122 valence electrons. The van der Waals surface area contributed by atoms with Crippen LogP contribution in [0.2, 0.25) is 0 Å². The largest absolute Gasteiger partial charge is 0.494 e. The number of aromatic hydroxyl groups is 1. The summed E-state index contributed by atoms with van der Waals surface area (Å²) < 4.78 is 0. The van der Waals surface area contributed by atoms with Gasteiger partial charge in [0.15, 0.2) is 0 Å². The number of allylic oxidation sites excluding steroid dienone is 1. The van der Waals surface area contributed by atoms with Gasteiger partial charge in [0.25, 0.3) is 5.56 Å². The number of aromatic nitrogens is 2. The second-order valence-electron chi connectivity index (χ2n) is 5.57. The Kier molecular flexibility index (Phi) is 3.43. The number of aliphatic imine (C=N–C) groups is 1. The second kappa shape index (κ2) is 5.76. The summed E-state index contributed by atoms with van der Waals surface area (Å²) >= 11 is 0. The van der Waals surface area contributed by atoms with Crippen LogP contribution in [-0.4, -0.2) is 20.8 Å². The molecule has 0 bridgehead atoms. The van der Waals surface area contributed by atoms with E-state index in [0.717, 1.165) is 16.8 Å². The highest BCUT2D eigenvalue weighted by atomic mass is 16.3. The number of para-hydroxylation sites is 1. The summed E-state index contributed by atoms with van der Waals surface area (Å²) in [4.78, 5) is 32.3. The van der Waals surface area contributed by atoms with Gasteiger partial charge >= 0.3 is 5.69 Å². The lowest BCUT2D eigenvalue weighted by atomic mass is 9.96. The lowest BCUT2D eigenvalue weighted by Crippen LogP contribution is -2.23. The van der Waals surface area contributed by atoms with Crippen molar-refractivity contribution in [3.63, 3.8) is 0 Å². The maximum Gasteiger partial charge on any atom is 0.328 e. The first-order valence-corrected chi connectivity index (χ1v) is 7.64. The minimum Gasteiger partial charge on any atom is -0.494 e. The van der Waals surface area contributed by atoms with Crippen LogP contribution in [0.4, 0.5) is 5.69 Å². The highest BCUT2D eigenvalue weighted by Gasteiger charge is 2.22. The third-order valence-electron chi connectivity index (χ3n) is 3.98. The van der Waals surface area contributed by atoms with Crippen molar-refractivity contribution in [2.75, 3.05) is 0 Å². The first-order chi connectivity index (χ1) is 12.1. The summed E-state index contributed by atoms with van der Waals surface area (Å²) in [6.07, 6.45) is 1.54. The SMILES string of the molecule is O=c1[nH]c(O)c(/C=C2\C(c3ccccc3)=Nc3ccccc32)c(=O)[nH]1. The number of benzene rings is 2. The van der Waals surface area contributed by atoms with Crippen LogP contribution >= 0.6 is 0 Å². The standard InChI is InChI=1S/C19H13N3O3/c23-17-14(18(24)22-19(25)21-17)10-13-12-8-4-5-9-15(12)20-16(13)11-6-2-1-3-7-11/h1-10H,(H3,21,22,23,24,25)/b13-10-. The predicted molar refractivity (Wildman–Crippen MR) is 96.3 cm³/mol. The molecule has 3 aromatic rings. The zero-order valence-electron chi connectivity index (χ0n) is 13.0. The van der Waals surface area contributed by atoms with Crippen molar-refractivity contribution in [3.05, 3.63) is 92.1 Å². The van der Waals surface area contributed by atoms with Gasteiger partial charge in [-0.15, -0.1) is 0 Å². The molecule has 0 aliphatic carbocycles. The highest BCUT2D eigenvalue weighted by Crippen LogP contribution is 2.38. The highest BCUT2D eigenvalue weighted by molar-refractivity contribution is 6.38. The normalized spacial score (nSPS) is 14.4. The minimum absolute atomic E-state index is 0.0186. The Bertz CT molecular complexity index is 1140. The fourth-order valence-corrected chi connectivity index (χ4v) is 2.83. The molecule has 1 aliphatic heterocycles. The molecule has 0 atom stereocenters. The van der Waals surface area contributed by atoms with Crippen molar-refractivity contribution in [2.24, 2.45) is 4.99 Å². The number of nitrogens with one attached hydrogen (secondary N) is 2. The Hall–Kier alpha value is -3.67. The van der Waals surface area contributed by atoms with Crippen LogP contribution in [0.5, 0.6) is 5.88 Å². The summed E-state index contributed by atoms with van der Waals surface area (Å²) in [5.41, 5.74) is 2.50. The zero-order valence-corrected chi connectivity index (χ0v) is 13.0. The molecule has 6 nitrogen and oxygen atoms in total. The molecule has 0 radical (unpaired) electrons. The maximum atomic E-state index is 12.1. The molecule has 0 saturated heterocycles.